The van der Waals surface area contributed by atoms with Crippen LogP contribution < -0.4 is 4.72 Å². The first kappa shape index (κ1) is 17.2. The van der Waals surface area contributed by atoms with Gasteiger partial charge in [0.15, 0.2) is 0 Å². The van der Waals surface area contributed by atoms with Gasteiger partial charge in [-0.1, -0.05) is 11.6 Å². The van der Waals surface area contributed by atoms with E-state index >= 15 is 0 Å². The second kappa shape index (κ2) is 7.24. The van der Waals surface area contributed by atoms with Crippen molar-refractivity contribution in [2.45, 2.75) is 13.3 Å². The smallest absolute Gasteiger partial charge is 0.306 e. The zero-order chi connectivity index (χ0) is 15.3. The van der Waals surface area contributed by atoms with E-state index in [1.54, 1.807) is 6.92 Å². The highest BCUT2D eigenvalue weighted by molar-refractivity contribution is 9.10. The summed E-state index contributed by atoms with van der Waals surface area (Å²) < 4.78 is 43.6. The monoisotopic (exact) mass is 387 g/mol. The van der Waals surface area contributed by atoms with Crippen molar-refractivity contribution in [3.63, 3.8) is 0 Å². The molecule has 112 valence electrons. The summed E-state index contributed by atoms with van der Waals surface area (Å²) in [6.07, 6.45) is -0.278. The maximum Gasteiger partial charge on any atom is 0.306 e. The summed E-state index contributed by atoms with van der Waals surface area (Å²) in [6.45, 7) is 1.81. The molecule has 1 aromatic carbocycles. The maximum absolute atomic E-state index is 13.0. The van der Waals surface area contributed by atoms with E-state index in [0.717, 1.165) is 12.1 Å². The van der Waals surface area contributed by atoms with E-state index in [-0.39, 0.29) is 28.2 Å². The largest absolute Gasteiger partial charge is 0.466 e. The first-order valence-corrected chi connectivity index (χ1v) is 8.38. The lowest BCUT2D eigenvalue weighted by molar-refractivity contribution is -0.142. The fraction of sp³-hybridized carbons (Fsp3) is 0.364. The molecule has 5 nitrogen and oxygen atoms in total. The summed E-state index contributed by atoms with van der Waals surface area (Å²) in [5.74, 6) is -1.66. The van der Waals surface area contributed by atoms with Gasteiger partial charge in [-0.3, -0.25) is 9.52 Å². The van der Waals surface area contributed by atoms with Gasteiger partial charge in [0.25, 0.3) is 0 Å². The van der Waals surface area contributed by atoms with Crippen molar-refractivity contribution in [2.24, 2.45) is 0 Å². The number of halogens is 3. The van der Waals surface area contributed by atoms with Gasteiger partial charge in [0.1, 0.15) is 5.82 Å². The number of benzene rings is 1. The van der Waals surface area contributed by atoms with Crippen molar-refractivity contribution in [3.05, 3.63) is 27.4 Å². The number of anilines is 1. The molecule has 0 amide bonds. The topological polar surface area (TPSA) is 72.5 Å². The third-order valence-electron chi connectivity index (χ3n) is 2.14. The van der Waals surface area contributed by atoms with Crippen LogP contribution in [0.15, 0.2) is 16.6 Å². The highest BCUT2D eigenvalue weighted by Crippen LogP contribution is 2.32. The predicted octanol–water partition coefficient (Wildman–Crippen LogP) is 2.94. The molecule has 20 heavy (non-hydrogen) atoms. The van der Waals surface area contributed by atoms with Gasteiger partial charge in [-0.2, -0.15) is 0 Å². The summed E-state index contributed by atoms with van der Waals surface area (Å²) in [4.78, 5) is 11.1. The SMILES string of the molecule is CCOC(=O)CCS(=O)(=O)Nc1c(Cl)cc(F)cc1Br. The van der Waals surface area contributed by atoms with E-state index in [4.69, 9.17) is 11.6 Å². The number of rotatable bonds is 6. The highest BCUT2D eigenvalue weighted by atomic mass is 79.9. The van der Waals surface area contributed by atoms with Crippen LogP contribution in [0.5, 0.6) is 0 Å². The van der Waals surface area contributed by atoms with Gasteiger partial charge >= 0.3 is 5.97 Å². The van der Waals surface area contributed by atoms with Crippen molar-refractivity contribution in [1.29, 1.82) is 0 Å². The summed E-state index contributed by atoms with van der Waals surface area (Å²) in [7, 11) is -3.79. The van der Waals surface area contributed by atoms with Gasteiger partial charge in [-0.25, -0.2) is 12.8 Å². The number of sulfonamides is 1. The molecular formula is C11H12BrClFNO4S. The summed E-state index contributed by atoms with van der Waals surface area (Å²) in [6, 6.07) is 2.06. The Labute approximate surface area is 129 Å². The molecule has 0 saturated heterocycles. The summed E-state index contributed by atoms with van der Waals surface area (Å²) in [5.41, 5.74) is 0.0249. The number of hydrogen-bond acceptors (Lipinski definition) is 4. The Balaban J connectivity index is 2.79. The van der Waals surface area contributed by atoms with Gasteiger partial charge < -0.3 is 4.74 Å². The quantitative estimate of drug-likeness (QED) is 0.761. The minimum absolute atomic E-state index is 0.0249. The molecule has 0 heterocycles. The molecule has 0 atom stereocenters. The normalized spacial score (nSPS) is 11.2. The standard InChI is InChI=1S/C11H12BrClFNO4S/c1-2-19-10(16)3-4-20(17,18)15-11-8(12)5-7(14)6-9(11)13/h5-6,15H,2-4H2,1H3. The molecule has 0 saturated carbocycles. The molecule has 0 radical (unpaired) electrons. The second-order valence-electron chi connectivity index (χ2n) is 3.72. The number of carbonyl (C=O) groups is 1. The van der Waals surface area contributed by atoms with E-state index in [2.05, 4.69) is 25.4 Å². The van der Waals surface area contributed by atoms with Crippen LogP contribution in [-0.2, 0) is 19.6 Å². The number of carbonyl (C=O) groups excluding carboxylic acids is 1. The first-order chi connectivity index (χ1) is 9.25. The van der Waals surface area contributed by atoms with Crippen LogP contribution >= 0.6 is 27.5 Å². The van der Waals surface area contributed by atoms with Crippen molar-refractivity contribution in [2.75, 3.05) is 17.1 Å². The number of hydrogen-bond donors (Lipinski definition) is 1. The van der Waals surface area contributed by atoms with Crippen LogP contribution in [0.2, 0.25) is 5.02 Å². The Morgan fingerprint density at radius 1 is 1.50 bits per heavy atom. The third-order valence-corrected chi connectivity index (χ3v) is 4.32. The molecular weight excluding hydrogens is 377 g/mol. The predicted molar refractivity (Wildman–Crippen MR) is 77.8 cm³/mol. The molecule has 0 aliphatic heterocycles. The number of ether oxygens (including phenoxy) is 1. The molecule has 0 aliphatic carbocycles. The zero-order valence-electron chi connectivity index (χ0n) is 10.5. The molecule has 9 heteroatoms. The van der Waals surface area contributed by atoms with E-state index in [1.807, 2.05) is 0 Å². The van der Waals surface area contributed by atoms with Crippen LogP contribution in [0.1, 0.15) is 13.3 Å². The van der Waals surface area contributed by atoms with E-state index in [9.17, 15) is 17.6 Å². The van der Waals surface area contributed by atoms with Crippen LogP contribution in [0.4, 0.5) is 10.1 Å². The molecule has 1 aromatic rings. The lowest BCUT2D eigenvalue weighted by atomic mass is 10.3. The minimum Gasteiger partial charge on any atom is -0.466 e. The molecule has 0 aromatic heterocycles. The lowest BCUT2D eigenvalue weighted by Gasteiger charge is -2.11. The van der Waals surface area contributed by atoms with E-state index in [0.29, 0.717) is 0 Å². The molecule has 1 rings (SSSR count). The van der Waals surface area contributed by atoms with Gasteiger partial charge in [-0.15, -0.1) is 0 Å². The van der Waals surface area contributed by atoms with Crippen LogP contribution in [0, 0.1) is 5.82 Å². The fourth-order valence-electron chi connectivity index (χ4n) is 1.30. The van der Waals surface area contributed by atoms with Crippen molar-refractivity contribution in [3.8, 4) is 0 Å². The molecule has 0 fully saturated rings. The van der Waals surface area contributed by atoms with E-state index in [1.165, 1.54) is 0 Å². The second-order valence-corrected chi connectivity index (χ2v) is 6.82. The first-order valence-electron chi connectivity index (χ1n) is 5.56. The number of esters is 1. The minimum atomic E-state index is -3.79. The van der Waals surface area contributed by atoms with Gasteiger partial charge in [-0.05, 0) is 35.0 Å². The average molecular weight is 389 g/mol. The van der Waals surface area contributed by atoms with Gasteiger partial charge in [0.05, 0.1) is 29.5 Å². The molecule has 1 N–H and O–H groups in total. The van der Waals surface area contributed by atoms with Crippen LogP contribution in [0.3, 0.4) is 0 Å². The van der Waals surface area contributed by atoms with Crippen molar-refractivity contribution < 1.29 is 22.3 Å². The Morgan fingerprint density at radius 3 is 2.70 bits per heavy atom. The fourth-order valence-corrected chi connectivity index (χ4v) is 3.45. The highest BCUT2D eigenvalue weighted by Gasteiger charge is 2.18. The van der Waals surface area contributed by atoms with Crippen molar-refractivity contribution >= 4 is 49.2 Å². The van der Waals surface area contributed by atoms with Gasteiger partial charge in [0, 0.05) is 4.47 Å². The molecule has 0 aliphatic rings. The molecule has 0 spiro atoms. The average Bonchev–Trinajstić information content (AvgIpc) is 2.32. The lowest BCUT2D eigenvalue weighted by Crippen LogP contribution is -2.20. The van der Waals surface area contributed by atoms with Crippen molar-refractivity contribution in [1.82, 2.24) is 0 Å². The Bertz CT molecular complexity index is 585. The summed E-state index contributed by atoms with van der Waals surface area (Å²) >= 11 is 8.78. The molecule has 0 bridgehead atoms. The Kier molecular flexibility index (Phi) is 6.22. The van der Waals surface area contributed by atoms with E-state index < -0.39 is 27.6 Å². The Morgan fingerprint density at radius 2 is 2.15 bits per heavy atom. The molecule has 0 unspecified atom stereocenters. The third kappa shape index (κ3) is 5.26. The zero-order valence-corrected chi connectivity index (χ0v) is 13.6. The number of nitrogens with one attached hydrogen (secondary N) is 1. The van der Waals surface area contributed by atoms with Gasteiger partial charge in [0.2, 0.25) is 10.0 Å². The Hall–Kier alpha value is -0.860. The van der Waals surface area contributed by atoms with Crippen LogP contribution in [-0.4, -0.2) is 26.7 Å². The van der Waals surface area contributed by atoms with Crippen LogP contribution in [0.25, 0.3) is 0 Å². The maximum atomic E-state index is 13.0. The summed E-state index contributed by atoms with van der Waals surface area (Å²) in [5, 5.41) is -0.0865.